The lowest BCUT2D eigenvalue weighted by atomic mass is 10.1. The van der Waals surface area contributed by atoms with E-state index in [0.29, 0.717) is 4.73 Å². The molecule has 2 N–H and O–H groups in total. The minimum absolute atomic E-state index is 0.00650. The van der Waals surface area contributed by atoms with Crippen LogP contribution in [0, 0.1) is 5.82 Å². The van der Waals surface area contributed by atoms with Gasteiger partial charge in [0, 0.05) is 30.5 Å². The van der Waals surface area contributed by atoms with Crippen molar-refractivity contribution in [2.45, 2.75) is 13.3 Å². The maximum Gasteiger partial charge on any atom is 0.349 e. The van der Waals surface area contributed by atoms with E-state index < -0.39 is 47.3 Å². The molecule has 4 aromatic rings. The van der Waals surface area contributed by atoms with E-state index in [1.807, 2.05) is 0 Å². The highest BCUT2D eigenvalue weighted by molar-refractivity contribution is 5.82. The van der Waals surface area contributed by atoms with Crippen molar-refractivity contribution in [1.29, 1.82) is 0 Å². The largest absolute Gasteiger partial charge is 0.492 e. The van der Waals surface area contributed by atoms with Crippen LogP contribution >= 0.6 is 0 Å². The summed E-state index contributed by atoms with van der Waals surface area (Å²) in [5, 5.41) is 19.2. The number of aromatic nitrogens is 2. The van der Waals surface area contributed by atoms with Gasteiger partial charge < -0.3 is 28.6 Å². The molecule has 0 aliphatic heterocycles. The third-order valence-corrected chi connectivity index (χ3v) is 4.13. The van der Waals surface area contributed by atoms with E-state index in [2.05, 4.69) is 4.98 Å². The van der Waals surface area contributed by atoms with Crippen molar-refractivity contribution in [3.63, 3.8) is 0 Å². The summed E-state index contributed by atoms with van der Waals surface area (Å²) in [6, 6.07) is 5.58. The van der Waals surface area contributed by atoms with Gasteiger partial charge in [-0.05, 0) is 12.1 Å². The molecule has 0 aliphatic carbocycles. The van der Waals surface area contributed by atoms with Gasteiger partial charge in [-0.25, -0.2) is 19.0 Å². The van der Waals surface area contributed by atoms with Crippen molar-refractivity contribution in [2.24, 2.45) is 0 Å². The van der Waals surface area contributed by atoms with Crippen LogP contribution in [-0.4, -0.2) is 31.9 Å². The molecule has 164 valence electrons. The topological polar surface area (TPSA) is 154 Å². The molecule has 0 unspecified atom stereocenters. The molecule has 0 saturated carbocycles. The Labute approximate surface area is 176 Å². The first-order valence-electron chi connectivity index (χ1n) is 8.93. The van der Waals surface area contributed by atoms with Gasteiger partial charge in [-0.3, -0.25) is 4.79 Å². The molecule has 0 atom stereocenters. The Morgan fingerprint density at radius 2 is 1.88 bits per heavy atom. The quantitative estimate of drug-likeness (QED) is 0.265. The minimum atomic E-state index is -0.903. The predicted molar refractivity (Wildman–Crippen MR) is 102 cm³/mol. The Morgan fingerprint density at radius 3 is 2.56 bits per heavy atom. The maximum absolute atomic E-state index is 14.1. The summed E-state index contributed by atoms with van der Waals surface area (Å²) in [5.41, 5.74) is -1.04. The second kappa shape index (κ2) is 7.91. The zero-order valence-corrected chi connectivity index (χ0v) is 16.2. The molecule has 32 heavy (non-hydrogen) atoms. The van der Waals surface area contributed by atoms with Gasteiger partial charge in [0.15, 0.2) is 11.6 Å². The number of rotatable bonds is 5. The van der Waals surface area contributed by atoms with Crippen LogP contribution in [0.1, 0.15) is 12.7 Å². The molecule has 0 amide bonds. The molecule has 0 saturated heterocycles. The Kier molecular flexibility index (Phi) is 5.10. The van der Waals surface area contributed by atoms with E-state index in [-0.39, 0.29) is 28.2 Å². The summed E-state index contributed by atoms with van der Waals surface area (Å²) in [5.74, 6) is -4.06. The number of aromatic hydroxyl groups is 2. The first-order valence-corrected chi connectivity index (χ1v) is 8.93. The van der Waals surface area contributed by atoms with Gasteiger partial charge in [0.05, 0.1) is 6.20 Å². The molecule has 12 heteroatoms. The molecule has 3 aromatic heterocycles. The number of nitrogens with zero attached hydrogens (tertiary/aromatic N) is 2. The zero-order valence-electron chi connectivity index (χ0n) is 16.2. The Balaban J connectivity index is 1.58. The summed E-state index contributed by atoms with van der Waals surface area (Å²) in [7, 11) is 0. The van der Waals surface area contributed by atoms with Gasteiger partial charge >= 0.3 is 17.6 Å². The molecule has 0 aliphatic rings. The van der Waals surface area contributed by atoms with Crippen molar-refractivity contribution in [3.05, 3.63) is 58.5 Å². The van der Waals surface area contributed by atoms with Crippen LogP contribution in [0.3, 0.4) is 0 Å². The van der Waals surface area contributed by atoms with E-state index in [9.17, 15) is 29.0 Å². The molecule has 4 rings (SSSR count). The first kappa shape index (κ1) is 20.7. The van der Waals surface area contributed by atoms with E-state index in [1.54, 1.807) is 0 Å². The number of esters is 1. The SMILES string of the molecule is CC(=O)Oc1cc2oc(=O)c(-c3ncc(CC(=O)On4c(O)ccc4O)o3)cc2cc1F. The average Bonchev–Trinajstić information content (AvgIpc) is 3.30. The lowest BCUT2D eigenvalue weighted by molar-refractivity contribution is -0.145. The van der Waals surface area contributed by atoms with Crippen LogP contribution in [0.5, 0.6) is 17.5 Å². The number of hydrogen-bond acceptors (Lipinski definition) is 10. The smallest absolute Gasteiger partial charge is 0.349 e. The normalized spacial score (nSPS) is 10.9. The number of carbonyl (C=O) groups is 2. The third-order valence-electron chi connectivity index (χ3n) is 4.13. The van der Waals surface area contributed by atoms with Crippen LogP contribution in [-0.2, 0) is 16.0 Å². The van der Waals surface area contributed by atoms with Crippen molar-refractivity contribution in [3.8, 4) is 29.0 Å². The summed E-state index contributed by atoms with van der Waals surface area (Å²) in [4.78, 5) is 44.1. The average molecular weight is 444 g/mol. The van der Waals surface area contributed by atoms with Crippen LogP contribution in [0.25, 0.3) is 22.4 Å². The fourth-order valence-electron chi connectivity index (χ4n) is 2.79. The first-order chi connectivity index (χ1) is 15.2. The Hall–Kier alpha value is -4.61. The number of ether oxygens (including phenoxy) is 1. The number of carbonyl (C=O) groups excluding carboxylic acids is 2. The minimum Gasteiger partial charge on any atom is -0.492 e. The monoisotopic (exact) mass is 444 g/mol. The highest BCUT2D eigenvalue weighted by atomic mass is 19.1. The number of hydrogen-bond donors (Lipinski definition) is 2. The van der Waals surface area contributed by atoms with Crippen LogP contribution in [0.15, 0.2) is 50.2 Å². The molecule has 0 radical (unpaired) electrons. The van der Waals surface area contributed by atoms with Crippen molar-refractivity contribution < 1.29 is 42.6 Å². The number of halogens is 1. The Bertz CT molecular complexity index is 1400. The van der Waals surface area contributed by atoms with Gasteiger partial charge in [0.1, 0.15) is 23.3 Å². The van der Waals surface area contributed by atoms with Crippen LogP contribution in [0.4, 0.5) is 4.39 Å². The van der Waals surface area contributed by atoms with E-state index in [1.165, 1.54) is 12.3 Å². The maximum atomic E-state index is 14.1. The van der Waals surface area contributed by atoms with Crippen molar-refractivity contribution >= 4 is 22.9 Å². The van der Waals surface area contributed by atoms with Gasteiger partial charge in [-0.1, -0.05) is 0 Å². The zero-order chi connectivity index (χ0) is 23.0. The van der Waals surface area contributed by atoms with Gasteiger partial charge in [-0.2, -0.15) is 0 Å². The number of oxazole rings is 1. The summed E-state index contributed by atoms with van der Waals surface area (Å²) in [6.07, 6.45) is 0.726. The van der Waals surface area contributed by atoms with Crippen molar-refractivity contribution in [1.82, 2.24) is 9.71 Å². The third kappa shape index (κ3) is 4.01. The highest BCUT2D eigenvalue weighted by Crippen LogP contribution is 2.27. The Morgan fingerprint density at radius 1 is 1.16 bits per heavy atom. The second-order valence-electron chi connectivity index (χ2n) is 6.48. The number of benzene rings is 1. The lowest BCUT2D eigenvalue weighted by Crippen LogP contribution is -2.20. The fourth-order valence-corrected chi connectivity index (χ4v) is 2.79. The molecule has 1 aromatic carbocycles. The van der Waals surface area contributed by atoms with Crippen LogP contribution < -0.4 is 15.2 Å². The second-order valence-corrected chi connectivity index (χ2v) is 6.48. The molecule has 11 nitrogen and oxygen atoms in total. The number of fused-ring (bicyclic) bond motifs is 1. The molecular formula is C20H13FN2O9. The van der Waals surface area contributed by atoms with Crippen molar-refractivity contribution in [2.75, 3.05) is 0 Å². The molecule has 3 heterocycles. The molecule has 0 spiro atoms. The summed E-state index contributed by atoms with van der Waals surface area (Å²) < 4.78 is 29.9. The van der Waals surface area contributed by atoms with E-state index >= 15 is 0 Å². The lowest BCUT2D eigenvalue weighted by Gasteiger charge is -2.05. The van der Waals surface area contributed by atoms with Gasteiger partial charge in [-0.15, -0.1) is 4.73 Å². The molecule has 0 bridgehead atoms. The standard InChI is InChI=1S/C20H13FN2O9/c1-9(24)29-15-7-14-10(5-13(15)21)4-12(20(28)31-14)19-22-8-11(30-19)6-18(27)32-23-16(25)2-3-17(23)26/h2-5,7-8,25-26H,6H2,1H3. The van der Waals surface area contributed by atoms with Gasteiger partial charge in [0.2, 0.25) is 17.7 Å². The van der Waals surface area contributed by atoms with Crippen LogP contribution in [0.2, 0.25) is 0 Å². The molecular weight excluding hydrogens is 431 g/mol. The predicted octanol–water partition coefficient (Wildman–Crippen LogP) is 1.92. The van der Waals surface area contributed by atoms with E-state index in [4.69, 9.17) is 18.4 Å². The van der Waals surface area contributed by atoms with E-state index in [0.717, 1.165) is 31.2 Å². The molecule has 0 fully saturated rings. The summed E-state index contributed by atoms with van der Waals surface area (Å²) in [6.45, 7) is 1.10. The fraction of sp³-hybridized carbons (Fsp3) is 0.100. The van der Waals surface area contributed by atoms with Gasteiger partial charge in [0.25, 0.3) is 0 Å². The summed E-state index contributed by atoms with van der Waals surface area (Å²) >= 11 is 0. The highest BCUT2D eigenvalue weighted by Gasteiger charge is 2.19.